The van der Waals surface area contributed by atoms with E-state index in [2.05, 4.69) is 46.3 Å². The van der Waals surface area contributed by atoms with E-state index in [4.69, 9.17) is 0 Å². The molecule has 1 fully saturated rings. The summed E-state index contributed by atoms with van der Waals surface area (Å²) < 4.78 is 1.92. The van der Waals surface area contributed by atoms with Crippen LogP contribution in [-0.2, 0) is 24.2 Å². The number of aromatic nitrogens is 3. The van der Waals surface area contributed by atoms with Crippen LogP contribution in [-0.4, -0.2) is 50.7 Å². The van der Waals surface area contributed by atoms with Gasteiger partial charge in [-0.3, -0.25) is 9.69 Å². The molecule has 1 saturated heterocycles. The number of aryl methyl sites for hydroxylation is 2. The van der Waals surface area contributed by atoms with E-state index in [1.807, 2.05) is 22.9 Å². The summed E-state index contributed by atoms with van der Waals surface area (Å²) in [5.41, 5.74) is 1.28. The summed E-state index contributed by atoms with van der Waals surface area (Å²) in [4.78, 5) is 19.0. The summed E-state index contributed by atoms with van der Waals surface area (Å²) in [6.45, 7) is 6.63. The van der Waals surface area contributed by atoms with E-state index < -0.39 is 0 Å². The van der Waals surface area contributed by atoms with Crippen LogP contribution in [0.2, 0.25) is 0 Å². The fourth-order valence-corrected chi connectivity index (χ4v) is 3.25. The molecule has 1 unspecified atom stereocenters. The number of hydrogen-bond acceptors (Lipinski definition) is 4. The summed E-state index contributed by atoms with van der Waals surface area (Å²) >= 11 is 0. The quantitative estimate of drug-likeness (QED) is 0.868. The minimum absolute atomic E-state index is 0.0903. The Hall–Kier alpha value is -2.21. The number of nitrogens with zero attached hydrogens (tertiary/aromatic N) is 4. The summed E-state index contributed by atoms with van der Waals surface area (Å²) in [6, 6.07) is 10.5. The lowest BCUT2D eigenvalue weighted by atomic mass is 10.1. The molecule has 0 aliphatic carbocycles. The van der Waals surface area contributed by atoms with Gasteiger partial charge in [-0.25, -0.2) is 9.67 Å². The number of carbonyl (C=O) groups is 1. The highest BCUT2D eigenvalue weighted by molar-refractivity contribution is 5.82. The highest BCUT2D eigenvalue weighted by Crippen LogP contribution is 2.14. The first-order valence-electron chi connectivity index (χ1n) is 8.59. The molecule has 0 bridgehead atoms. The fourth-order valence-electron chi connectivity index (χ4n) is 3.25. The maximum atomic E-state index is 12.3. The first kappa shape index (κ1) is 16.6. The third-order valence-corrected chi connectivity index (χ3v) is 4.56. The molecule has 6 nitrogen and oxygen atoms in total. The number of benzene rings is 1. The summed E-state index contributed by atoms with van der Waals surface area (Å²) in [7, 11) is 0. The number of amides is 1. The molecule has 1 aliphatic rings. The molecule has 24 heavy (non-hydrogen) atoms. The molecule has 2 aromatic rings. The van der Waals surface area contributed by atoms with Crippen LogP contribution < -0.4 is 5.32 Å². The molecule has 1 N–H and O–H groups in total. The smallest absolute Gasteiger partial charge is 0.237 e. The van der Waals surface area contributed by atoms with Gasteiger partial charge in [0, 0.05) is 32.1 Å². The SMILES string of the molecule is CC(C)N1CCNC(=O)C1Cc1ncnn1CCc1ccccc1. The lowest BCUT2D eigenvalue weighted by Crippen LogP contribution is -2.58. The second-order valence-electron chi connectivity index (χ2n) is 6.48. The van der Waals surface area contributed by atoms with Gasteiger partial charge in [0.2, 0.25) is 5.91 Å². The predicted octanol–water partition coefficient (Wildman–Crippen LogP) is 1.27. The third kappa shape index (κ3) is 3.82. The van der Waals surface area contributed by atoms with Crippen LogP contribution in [0.25, 0.3) is 0 Å². The zero-order chi connectivity index (χ0) is 16.9. The maximum absolute atomic E-state index is 12.3. The van der Waals surface area contributed by atoms with Crippen molar-refractivity contribution in [3.8, 4) is 0 Å². The molecule has 1 aliphatic heterocycles. The minimum atomic E-state index is -0.168. The zero-order valence-corrected chi connectivity index (χ0v) is 14.4. The number of rotatable bonds is 6. The number of piperazine rings is 1. The van der Waals surface area contributed by atoms with E-state index in [9.17, 15) is 4.79 Å². The topological polar surface area (TPSA) is 63.1 Å². The van der Waals surface area contributed by atoms with Crippen molar-refractivity contribution in [3.63, 3.8) is 0 Å². The Morgan fingerprint density at radius 3 is 2.83 bits per heavy atom. The third-order valence-electron chi connectivity index (χ3n) is 4.56. The fraction of sp³-hybridized carbons (Fsp3) is 0.500. The lowest BCUT2D eigenvalue weighted by Gasteiger charge is -2.37. The van der Waals surface area contributed by atoms with Crippen molar-refractivity contribution in [2.45, 2.75) is 45.3 Å². The van der Waals surface area contributed by atoms with E-state index in [0.717, 1.165) is 25.3 Å². The number of nitrogens with one attached hydrogen (secondary N) is 1. The summed E-state index contributed by atoms with van der Waals surface area (Å²) in [5, 5.41) is 7.32. The Morgan fingerprint density at radius 1 is 1.29 bits per heavy atom. The zero-order valence-electron chi connectivity index (χ0n) is 14.4. The predicted molar refractivity (Wildman–Crippen MR) is 92.5 cm³/mol. The molecule has 1 atom stereocenters. The monoisotopic (exact) mass is 327 g/mol. The Labute approximate surface area is 142 Å². The van der Waals surface area contributed by atoms with Gasteiger partial charge in [-0.2, -0.15) is 5.10 Å². The molecule has 6 heteroatoms. The van der Waals surface area contributed by atoms with Crippen molar-refractivity contribution in [1.29, 1.82) is 0 Å². The molecule has 3 rings (SSSR count). The van der Waals surface area contributed by atoms with Crippen molar-refractivity contribution >= 4 is 5.91 Å². The highest BCUT2D eigenvalue weighted by atomic mass is 16.2. The number of carbonyl (C=O) groups excluding carboxylic acids is 1. The van der Waals surface area contributed by atoms with Crippen LogP contribution in [0.1, 0.15) is 25.2 Å². The van der Waals surface area contributed by atoms with Crippen LogP contribution >= 0.6 is 0 Å². The van der Waals surface area contributed by atoms with Gasteiger partial charge in [0.1, 0.15) is 12.2 Å². The standard InChI is InChI=1S/C18H25N5O/c1-14(2)22-11-9-19-18(24)16(22)12-17-20-13-21-23(17)10-8-15-6-4-3-5-7-15/h3-7,13-14,16H,8-12H2,1-2H3,(H,19,24). The first-order chi connectivity index (χ1) is 11.6. The molecular weight excluding hydrogens is 302 g/mol. The molecule has 1 aromatic carbocycles. The van der Waals surface area contributed by atoms with Crippen molar-refractivity contribution in [1.82, 2.24) is 25.0 Å². The molecule has 0 radical (unpaired) electrons. The van der Waals surface area contributed by atoms with Gasteiger partial charge >= 0.3 is 0 Å². The Balaban J connectivity index is 1.69. The second kappa shape index (κ2) is 7.57. The van der Waals surface area contributed by atoms with Gasteiger partial charge in [0.05, 0.1) is 6.04 Å². The van der Waals surface area contributed by atoms with Gasteiger partial charge in [0.15, 0.2) is 0 Å². The van der Waals surface area contributed by atoms with Gasteiger partial charge in [0.25, 0.3) is 0 Å². The van der Waals surface area contributed by atoms with Crippen molar-refractivity contribution in [3.05, 3.63) is 48.0 Å². The average molecular weight is 327 g/mol. The number of hydrogen-bond donors (Lipinski definition) is 1. The van der Waals surface area contributed by atoms with Crippen LogP contribution in [0.3, 0.4) is 0 Å². The normalized spacial score (nSPS) is 18.8. The summed E-state index contributed by atoms with van der Waals surface area (Å²) in [5.74, 6) is 0.964. The molecule has 0 spiro atoms. The van der Waals surface area contributed by atoms with Crippen LogP contribution in [0.4, 0.5) is 0 Å². The van der Waals surface area contributed by atoms with Crippen molar-refractivity contribution in [2.75, 3.05) is 13.1 Å². The second-order valence-corrected chi connectivity index (χ2v) is 6.48. The van der Waals surface area contributed by atoms with Gasteiger partial charge in [-0.15, -0.1) is 0 Å². The Morgan fingerprint density at radius 2 is 2.08 bits per heavy atom. The largest absolute Gasteiger partial charge is 0.353 e. The molecular formula is C18H25N5O. The van der Waals surface area contributed by atoms with Gasteiger partial charge in [-0.05, 0) is 25.8 Å². The van der Waals surface area contributed by atoms with E-state index >= 15 is 0 Å². The first-order valence-corrected chi connectivity index (χ1v) is 8.59. The van der Waals surface area contributed by atoms with E-state index in [-0.39, 0.29) is 11.9 Å². The average Bonchev–Trinajstić information content (AvgIpc) is 3.03. The minimum Gasteiger partial charge on any atom is -0.353 e. The van der Waals surface area contributed by atoms with Crippen LogP contribution in [0.5, 0.6) is 0 Å². The summed E-state index contributed by atoms with van der Waals surface area (Å²) in [6.07, 6.45) is 3.08. The molecule has 0 saturated carbocycles. The Kier molecular flexibility index (Phi) is 5.25. The van der Waals surface area contributed by atoms with Crippen LogP contribution in [0.15, 0.2) is 36.7 Å². The molecule has 1 aromatic heterocycles. The van der Waals surface area contributed by atoms with E-state index in [1.165, 1.54) is 5.56 Å². The van der Waals surface area contributed by atoms with Gasteiger partial charge in [-0.1, -0.05) is 30.3 Å². The highest BCUT2D eigenvalue weighted by Gasteiger charge is 2.32. The lowest BCUT2D eigenvalue weighted by molar-refractivity contribution is -0.130. The molecule has 2 heterocycles. The Bertz CT molecular complexity index is 667. The van der Waals surface area contributed by atoms with Crippen molar-refractivity contribution in [2.24, 2.45) is 0 Å². The van der Waals surface area contributed by atoms with E-state index in [0.29, 0.717) is 19.0 Å². The van der Waals surface area contributed by atoms with Gasteiger partial charge < -0.3 is 5.32 Å². The van der Waals surface area contributed by atoms with E-state index in [1.54, 1.807) is 6.33 Å². The van der Waals surface area contributed by atoms with Crippen LogP contribution in [0, 0.1) is 0 Å². The maximum Gasteiger partial charge on any atom is 0.237 e. The van der Waals surface area contributed by atoms with Crippen molar-refractivity contribution < 1.29 is 4.79 Å². The molecule has 1 amide bonds. The molecule has 128 valence electrons.